The van der Waals surface area contributed by atoms with E-state index in [-0.39, 0.29) is 12.0 Å². The number of ether oxygens (including phenoxy) is 2. The van der Waals surface area contributed by atoms with E-state index >= 15 is 0 Å². The van der Waals surface area contributed by atoms with Crippen molar-refractivity contribution in [2.45, 2.75) is 44.9 Å². The van der Waals surface area contributed by atoms with Crippen LogP contribution in [-0.4, -0.2) is 52.7 Å². The number of fused-ring (bicyclic) bond motifs is 1. The molecule has 2 saturated heterocycles. The van der Waals surface area contributed by atoms with Crippen molar-refractivity contribution in [2.75, 3.05) is 13.2 Å². The Morgan fingerprint density at radius 3 is 2.57 bits per heavy atom. The number of hydrogen-bond donors (Lipinski definition) is 1. The van der Waals surface area contributed by atoms with Gasteiger partial charge in [0, 0.05) is 18.7 Å². The van der Waals surface area contributed by atoms with Gasteiger partial charge in [-0.25, -0.2) is 4.79 Å². The van der Waals surface area contributed by atoms with Crippen molar-refractivity contribution >= 4 is 12.4 Å². The minimum absolute atomic E-state index is 0.175. The minimum atomic E-state index is -0.958. The molecule has 7 nitrogen and oxygen atoms in total. The number of piperidine rings is 1. The fourth-order valence-corrected chi connectivity index (χ4v) is 4.09. The molecule has 30 heavy (non-hydrogen) atoms. The number of aliphatic carboxylic acids is 1. The summed E-state index contributed by atoms with van der Waals surface area (Å²) in [7, 11) is 0. The standard InChI is InChI=1S/C14H15NO4.C9H13NO/c16-9-15-7-6-14(10-4-2-1-3-5-10)11(8-19-14)12(15)13(17)18;1-7(2)11-9-5-4-6-10-8(9)3/h1-5,9,11-12H,6-8H2,(H,17,18);4-7H,1-3H3. The van der Waals surface area contributed by atoms with Crippen LogP contribution in [0.4, 0.5) is 0 Å². The van der Waals surface area contributed by atoms with Crippen LogP contribution in [0.15, 0.2) is 48.7 Å². The highest BCUT2D eigenvalue weighted by atomic mass is 16.5. The average molecular weight is 412 g/mol. The van der Waals surface area contributed by atoms with Gasteiger partial charge >= 0.3 is 5.97 Å². The van der Waals surface area contributed by atoms with Crippen molar-refractivity contribution in [3.05, 3.63) is 59.9 Å². The number of pyridine rings is 1. The predicted octanol–water partition coefficient (Wildman–Crippen LogP) is 3.02. The van der Waals surface area contributed by atoms with Crippen LogP contribution in [0.5, 0.6) is 5.75 Å². The van der Waals surface area contributed by atoms with Crippen molar-refractivity contribution in [1.82, 2.24) is 9.88 Å². The number of aromatic nitrogens is 1. The van der Waals surface area contributed by atoms with Crippen LogP contribution in [-0.2, 0) is 19.9 Å². The van der Waals surface area contributed by atoms with E-state index < -0.39 is 17.6 Å². The number of likely N-dealkylation sites (tertiary alicyclic amines) is 1. The molecule has 2 aliphatic rings. The summed E-state index contributed by atoms with van der Waals surface area (Å²) in [5, 5.41) is 9.37. The van der Waals surface area contributed by atoms with Gasteiger partial charge in [-0.15, -0.1) is 0 Å². The average Bonchev–Trinajstić information content (AvgIpc) is 2.71. The Kier molecular flexibility index (Phi) is 6.72. The molecule has 0 bridgehead atoms. The van der Waals surface area contributed by atoms with Gasteiger partial charge in [0.2, 0.25) is 6.41 Å². The second-order valence-corrected chi connectivity index (χ2v) is 7.80. The number of rotatable bonds is 5. The number of carboxylic acids is 1. The molecule has 3 atom stereocenters. The number of aryl methyl sites for hydroxylation is 1. The van der Waals surface area contributed by atoms with Crippen molar-refractivity contribution in [3.63, 3.8) is 0 Å². The van der Waals surface area contributed by atoms with Crippen molar-refractivity contribution in [1.29, 1.82) is 0 Å². The van der Waals surface area contributed by atoms with Gasteiger partial charge in [-0.1, -0.05) is 30.3 Å². The summed E-state index contributed by atoms with van der Waals surface area (Å²) < 4.78 is 11.3. The van der Waals surface area contributed by atoms with Gasteiger partial charge in [-0.2, -0.15) is 0 Å². The van der Waals surface area contributed by atoms with E-state index in [1.165, 1.54) is 4.90 Å². The largest absolute Gasteiger partial charge is 0.489 e. The molecule has 3 heterocycles. The summed E-state index contributed by atoms with van der Waals surface area (Å²) in [5.41, 5.74) is 1.41. The van der Waals surface area contributed by atoms with Gasteiger partial charge in [0.25, 0.3) is 0 Å². The van der Waals surface area contributed by atoms with Gasteiger partial charge in [0.15, 0.2) is 0 Å². The maximum Gasteiger partial charge on any atom is 0.326 e. The summed E-state index contributed by atoms with van der Waals surface area (Å²) in [5.74, 6) is -0.255. The van der Waals surface area contributed by atoms with Crippen molar-refractivity contribution < 1.29 is 24.2 Å². The summed E-state index contributed by atoms with van der Waals surface area (Å²) in [6.45, 7) is 6.75. The molecule has 7 heteroatoms. The first-order valence-electron chi connectivity index (χ1n) is 10.1. The summed E-state index contributed by atoms with van der Waals surface area (Å²) in [4.78, 5) is 27.9. The number of carbonyl (C=O) groups is 2. The Balaban J connectivity index is 0.000000199. The van der Waals surface area contributed by atoms with E-state index in [0.29, 0.717) is 26.0 Å². The van der Waals surface area contributed by atoms with Gasteiger partial charge < -0.3 is 19.5 Å². The molecule has 1 amide bonds. The van der Waals surface area contributed by atoms with Crippen molar-refractivity contribution in [2.24, 2.45) is 5.92 Å². The number of benzene rings is 1. The van der Waals surface area contributed by atoms with Gasteiger partial charge in [0.1, 0.15) is 17.4 Å². The van der Waals surface area contributed by atoms with Crippen LogP contribution in [0.3, 0.4) is 0 Å². The molecule has 1 aromatic heterocycles. The molecule has 4 rings (SSSR count). The molecule has 0 saturated carbocycles. The van der Waals surface area contributed by atoms with Crippen LogP contribution in [0, 0.1) is 12.8 Å². The molecule has 2 aromatic rings. The monoisotopic (exact) mass is 412 g/mol. The van der Waals surface area contributed by atoms with E-state index in [4.69, 9.17) is 9.47 Å². The van der Waals surface area contributed by atoms with E-state index in [9.17, 15) is 14.7 Å². The zero-order valence-corrected chi connectivity index (χ0v) is 17.5. The summed E-state index contributed by atoms with van der Waals surface area (Å²) >= 11 is 0. The lowest BCUT2D eigenvalue weighted by molar-refractivity contribution is -0.255. The number of amides is 1. The van der Waals surface area contributed by atoms with Crippen LogP contribution in [0.1, 0.15) is 31.5 Å². The molecule has 0 radical (unpaired) electrons. The number of carboxylic acid groups (broad SMARTS) is 1. The lowest BCUT2D eigenvalue weighted by atomic mass is 9.68. The summed E-state index contributed by atoms with van der Waals surface area (Å²) in [6, 6.07) is 12.7. The molecular formula is C23H28N2O5. The van der Waals surface area contributed by atoms with Gasteiger partial charge in [-0.05, 0) is 44.9 Å². The number of carbonyl (C=O) groups excluding carboxylic acids is 1. The Hall–Kier alpha value is -2.93. The quantitative estimate of drug-likeness (QED) is 0.760. The van der Waals surface area contributed by atoms with Crippen LogP contribution < -0.4 is 4.74 Å². The van der Waals surface area contributed by atoms with E-state index in [1.807, 2.05) is 63.2 Å². The normalized spacial score (nSPS) is 24.7. The van der Waals surface area contributed by atoms with Crippen LogP contribution in [0.25, 0.3) is 0 Å². The molecule has 0 aliphatic carbocycles. The lowest BCUT2D eigenvalue weighted by Crippen LogP contribution is -2.67. The fraction of sp³-hybridized carbons (Fsp3) is 0.435. The SMILES string of the molecule is Cc1ncccc1OC(C)C.O=CN1CCC2(c3ccccc3)OCC2C1C(=O)O. The van der Waals surface area contributed by atoms with E-state index in [2.05, 4.69) is 4.98 Å². The molecular weight excluding hydrogens is 384 g/mol. The van der Waals surface area contributed by atoms with E-state index in [1.54, 1.807) is 6.20 Å². The van der Waals surface area contributed by atoms with E-state index in [0.717, 1.165) is 17.0 Å². The lowest BCUT2D eigenvalue weighted by Gasteiger charge is -2.57. The Morgan fingerprint density at radius 1 is 1.30 bits per heavy atom. The molecule has 1 N–H and O–H groups in total. The molecule has 3 unspecified atom stereocenters. The smallest absolute Gasteiger partial charge is 0.326 e. The third-order valence-electron chi connectivity index (χ3n) is 5.57. The van der Waals surface area contributed by atoms with Gasteiger partial charge in [0.05, 0.1) is 18.4 Å². The van der Waals surface area contributed by atoms with Crippen LogP contribution >= 0.6 is 0 Å². The zero-order chi connectivity index (χ0) is 21.7. The maximum atomic E-state index is 11.4. The minimum Gasteiger partial charge on any atom is -0.489 e. The molecule has 160 valence electrons. The number of nitrogens with zero attached hydrogens (tertiary/aromatic N) is 2. The third kappa shape index (κ3) is 4.31. The van der Waals surface area contributed by atoms with Crippen LogP contribution in [0.2, 0.25) is 0 Å². The predicted molar refractivity (Wildman–Crippen MR) is 111 cm³/mol. The second-order valence-electron chi connectivity index (χ2n) is 7.80. The highest BCUT2D eigenvalue weighted by Crippen LogP contribution is 2.50. The second kappa shape index (κ2) is 9.26. The Bertz CT molecular complexity index is 873. The molecule has 1 aromatic carbocycles. The first-order chi connectivity index (χ1) is 14.4. The molecule has 0 spiro atoms. The zero-order valence-electron chi connectivity index (χ0n) is 17.5. The Labute approximate surface area is 176 Å². The maximum absolute atomic E-state index is 11.4. The fourth-order valence-electron chi connectivity index (χ4n) is 4.09. The highest BCUT2D eigenvalue weighted by Gasteiger charge is 2.59. The third-order valence-corrected chi connectivity index (χ3v) is 5.57. The first kappa shape index (κ1) is 21.8. The van der Waals surface area contributed by atoms with Crippen molar-refractivity contribution in [3.8, 4) is 5.75 Å². The molecule has 2 aliphatic heterocycles. The van der Waals surface area contributed by atoms with Gasteiger partial charge in [-0.3, -0.25) is 9.78 Å². The topological polar surface area (TPSA) is 89.0 Å². The Morgan fingerprint density at radius 2 is 2.03 bits per heavy atom. The number of hydrogen-bond acceptors (Lipinski definition) is 5. The molecule has 2 fully saturated rings. The highest BCUT2D eigenvalue weighted by molar-refractivity contribution is 5.77. The first-order valence-corrected chi connectivity index (χ1v) is 10.1. The summed E-state index contributed by atoms with van der Waals surface area (Å²) in [6.07, 6.45) is 3.26.